The highest BCUT2D eigenvalue weighted by atomic mass is 32.2. The summed E-state index contributed by atoms with van der Waals surface area (Å²) in [5, 5.41) is 8.38. The zero-order valence-corrected chi connectivity index (χ0v) is 4.61. The first-order valence-corrected chi connectivity index (χ1v) is 3.16. The van der Waals surface area contributed by atoms with Crippen molar-refractivity contribution < 1.29 is 0 Å². The molecule has 0 aromatic rings. The molecule has 0 amide bonds. The summed E-state index contributed by atoms with van der Waals surface area (Å²) in [6.07, 6.45) is 3.96. The fourth-order valence-electron chi connectivity index (χ4n) is 0.474. The quantitative estimate of drug-likeness (QED) is 0.438. The molecule has 0 saturated carbocycles. The summed E-state index contributed by atoms with van der Waals surface area (Å²) in [5.41, 5.74) is 0. The predicted molar refractivity (Wildman–Crippen MR) is 31.0 cm³/mol. The van der Waals surface area contributed by atoms with E-state index < -0.39 is 0 Å². The number of nitrogens with zero attached hydrogens (tertiary/aromatic N) is 1. The van der Waals surface area contributed by atoms with Gasteiger partial charge >= 0.3 is 0 Å². The maximum Gasteiger partial charge on any atom is 0.110 e. The average Bonchev–Trinajstić information content (AvgIpc) is 2.14. The highest BCUT2D eigenvalue weighted by Gasteiger charge is 2.05. The highest BCUT2D eigenvalue weighted by molar-refractivity contribution is 8.00. The molecule has 0 aromatic carbocycles. The lowest BCUT2D eigenvalue weighted by molar-refractivity contribution is 1.39. The molecule has 1 rings (SSSR count). The number of nitriles is 1. The lowest BCUT2D eigenvalue weighted by Crippen LogP contribution is -1.84. The molecule has 1 aliphatic rings. The summed E-state index contributed by atoms with van der Waals surface area (Å²) in [5.74, 6) is 1.01. The summed E-state index contributed by atoms with van der Waals surface area (Å²) < 4.78 is 0. The van der Waals surface area contributed by atoms with E-state index >= 15 is 0 Å². The number of hydrogen-bond donors (Lipinski definition) is 0. The Morgan fingerprint density at radius 2 is 2.71 bits per heavy atom. The van der Waals surface area contributed by atoms with Crippen LogP contribution in [0.15, 0.2) is 12.2 Å². The molecule has 0 radical (unpaired) electrons. The van der Waals surface area contributed by atoms with Crippen molar-refractivity contribution in [3.05, 3.63) is 12.2 Å². The van der Waals surface area contributed by atoms with Gasteiger partial charge in [-0.3, -0.25) is 0 Å². The van der Waals surface area contributed by atoms with E-state index in [1.54, 1.807) is 11.8 Å². The summed E-state index contributed by atoms with van der Waals surface area (Å²) in [6, 6.07) is 2.14. The molecule has 2 heteroatoms. The van der Waals surface area contributed by atoms with Crippen molar-refractivity contribution in [3.63, 3.8) is 0 Å². The first-order chi connectivity index (χ1) is 3.43. The summed E-state index contributed by atoms with van der Waals surface area (Å²) >= 11 is 1.67. The van der Waals surface area contributed by atoms with E-state index in [1.165, 1.54) is 0 Å². The molecule has 0 aromatic heterocycles. The van der Waals surface area contributed by atoms with E-state index in [0.717, 1.165) is 5.75 Å². The molecule has 1 aliphatic heterocycles. The van der Waals surface area contributed by atoms with Gasteiger partial charge in [0.25, 0.3) is 0 Å². The minimum Gasteiger partial charge on any atom is -0.197 e. The molecule has 0 spiro atoms. The van der Waals surface area contributed by atoms with Gasteiger partial charge in [0.1, 0.15) is 5.25 Å². The van der Waals surface area contributed by atoms with Crippen molar-refractivity contribution in [2.45, 2.75) is 5.25 Å². The van der Waals surface area contributed by atoms with Gasteiger partial charge in [-0.1, -0.05) is 12.2 Å². The van der Waals surface area contributed by atoms with Gasteiger partial charge in [-0.25, -0.2) is 0 Å². The standard InChI is InChI=1S/C5H5NS/c6-4-5-2-1-3-7-5/h1-2,5H,3H2/t5-/m1/s1. The van der Waals surface area contributed by atoms with Gasteiger partial charge in [0.05, 0.1) is 6.07 Å². The van der Waals surface area contributed by atoms with Crippen molar-refractivity contribution in [2.75, 3.05) is 5.75 Å². The van der Waals surface area contributed by atoms with Gasteiger partial charge in [-0.15, -0.1) is 11.8 Å². The van der Waals surface area contributed by atoms with Gasteiger partial charge < -0.3 is 0 Å². The second-order valence-electron chi connectivity index (χ2n) is 1.31. The van der Waals surface area contributed by atoms with Crippen LogP contribution in [0.1, 0.15) is 0 Å². The van der Waals surface area contributed by atoms with Crippen LogP contribution in [0, 0.1) is 11.3 Å². The van der Waals surface area contributed by atoms with Crippen molar-refractivity contribution in [3.8, 4) is 6.07 Å². The zero-order valence-electron chi connectivity index (χ0n) is 3.79. The van der Waals surface area contributed by atoms with E-state index in [1.807, 2.05) is 12.2 Å². The van der Waals surface area contributed by atoms with Crippen molar-refractivity contribution in [1.82, 2.24) is 0 Å². The Morgan fingerprint density at radius 3 is 3.00 bits per heavy atom. The fourth-order valence-corrected chi connectivity index (χ4v) is 1.20. The molecule has 36 valence electrons. The zero-order chi connectivity index (χ0) is 5.11. The summed E-state index contributed by atoms with van der Waals surface area (Å²) in [4.78, 5) is 0. The van der Waals surface area contributed by atoms with Crippen LogP contribution < -0.4 is 0 Å². The Balaban J connectivity index is 2.47. The van der Waals surface area contributed by atoms with Crippen molar-refractivity contribution >= 4 is 11.8 Å². The van der Waals surface area contributed by atoms with E-state index in [2.05, 4.69) is 6.07 Å². The average molecular weight is 111 g/mol. The van der Waals surface area contributed by atoms with E-state index in [4.69, 9.17) is 5.26 Å². The minimum absolute atomic E-state index is 0.139. The van der Waals surface area contributed by atoms with Crippen LogP contribution in [0.4, 0.5) is 0 Å². The molecule has 0 fully saturated rings. The van der Waals surface area contributed by atoms with E-state index in [-0.39, 0.29) is 5.25 Å². The smallest absolute Gasteiger partial charge is 0.110 e. The summed E-state index contributed by atoms with van der Waals surface area (Å²) in [6.45, 7) is 0. The van der Waals surface area contributed by atoms with Gasteiger partial charge in [0.15, 0.2) is 0 Å². The normalized spacial score (nSPS) is 27.6. The Hall–Kier alpha value is -0.420. The topological polar surface area (TPSA) is 23.8 Å². The molecule has 7 heavy (non-hydrogen) atoms. The number of thioether (sulfide) groups is 1. The molecule has 0 N–H and O–H groups in total. The van der Waals surface area contributed by atoms with Crippen LogP contribution in [0.2, 0.25) is 0 Å². The van der Waals surface area contributed by atoms with Crippen LogP contribution in [-0.2, 0) is 0 Å². The van der Waals surface area contributed by atoms with E-state index in [0.29, 0.717) is 0 Å². The first kappa shape index (κ1) is 4.73. The molecular weight excluding hydrogens is 106 g/mol. The first-order valence-electron chi connectivity index (χ1n) is 2.11. The Bertz CT molecular complexity index is 123. The van der Waals surface area contributed by atoms with Crippen molar-refractivity contribution in [1.29, 1.82) is 5.26 Å². The van der Waals surface area contributed by atoms with E-state index in [9.17, 15) is 0 Å². The third kappa shape index (κ3) is 0.971. The van der Waals surface area contributed by atoms with Gasteiger partial charge in [-0.05, 0) is 0 Å². The van der Waals surface area contributed by atoms with Crippen molar-refractivity contribution in [2.24, 2.45) is 0 Å². The van der Waals surface area contributed by atoms with Crippen LogP contribution >= 0.6 is 11.8 Å². The lowest BCUT2D eigenvalue weighted by Gasteiger charge is -1.86. The molecule has 1 nitrogen and oxygen atoms in total. The lowest BCUT2D eigenvalue weighted by atomic mass is 10.4. The second-order valence-corrected chi connectivity index (χ2v) is 2.49. The third-order valence-corrected chi connectivity index (χ3v) is 1.82. The molecule has 1 atom stereocenters. The number of rotatable bonds is 0. The SMILES string of the molecule is N#C[C@H]1C=CCS1. The third-order valence-electron chi connectivity index (χ3n) is 0.810. The molecular formula is C5H5NS. The maximum atomic E-state index is 8.24. The maximum absolute atomic E-state index is 8.24. The van der Waals surface area contributed by atoms with Crippen LogP contribution in [0.25, 0.3) is 0 Å². The fraction of sp³-hybridized carbons (Fsp3) is 0.400. The Labute approximate surface area is 47.0 Å². The number of hydrogen-bond acceptors (Lipinski definition) is 2. The highest BCUT2D eigenvalue weighted by Crippen LogP contribution is 2.17. The Morgan fingerprint density at radius 1 is 1.86 bits per heavy atom. The van der Waals surface area contributed by atoms with Crippen LogP contribution in [-0.4, -0.2) is 11.0 Å². The second kappa shape index (κ2) is 2.04. The molecule has 1 heterocycles. The molecule has 0 aliphatic carbocycles. The van der Waals surface area contributed by atoms with Gasteiger partial charge in [-0.2, -0.15) is 5.26 Å². The van der Waals surface area contributed by atoms with Gasteiger partial charge in [0.2, 0.25) is 0 Å². The van der Waals surface area contributed by atoms with Crippen LogP contribution in [0.5, 0.6) is 0 Å². The Kier molecular flexibility index (Phi) is 1.38. The molecule has 0 bridgehead atoms. The predicted octanol–water partition coefficient (Wildman–Crippen LogP) is 1.18. The largest absolute Gasteiger partial charge is 0.197 e. The van der Waals surface area contributed by atoms with Gasteiger partial charge in [0, 0.05) is 5.75 Å². The summed E-state index contributed by atoms with van der Waals surface area (Å²) in [7, 11) is 0. The molecule has 0 unspecified atom stereocenters. The van der Waals surface area contributed by atoms with Crippen LogP contribution in [0.3, 0.4) is 0 Å². The molecule has 0 saturated heterocycles. The monoisotopic (exact) mass is 111 g/mol. The minimum atomic E-state index is 0.139.